The van der Waals surface area contributed by atoms with Crippen molar-refractivity contribution >= 4 is 11.7 Å². The molecule has 0 aromatic heterocycles. The van der Waals surface area contributed by atoms with Crippen molar-refractivity contribution in [2.75, 3.05) is 0 Å². The Morgan fingerprint density at radius 3 is 2.11 bits per heavy atom. The summed E-state index contributed by atoms with van der Waals surface area (Å²) in [6.07, 6.45) is 1.30. The zero-order valence-corrected chi connectivity index (χ0v) is 5.27. The van der Waals surface area contributed by atoms with E-state index in [4.69, 9.17) is 10.5 Å². The number of carboxylic acids is 1. The van der Waals surface area contributed by atoms with E-state index in [0.29, 0.717) is 12.8 Å². The van der Waals surface area contributed by atoms with Crippen LogP contribution in [0.4, 0.5) is 0 Å². The van der Waals surface area contributed by atoms with Crippen molar-refractivity contribution in [1.82, 2.24) is 0 Å². The maximum absolute atomic E-state index is 10.4. The van der Waals surface area contributed by atoms with Crippen LogP contribution < -0.4 is 0 Å². The molecule has 0 aromatic rings. The summed E-state index contributed by atoms with van der Waals surface area (Å²) >= 11 is 0. The molecule has 9 heavy (non-hydrogen) atoms. The summed E-state index contributed by atoms with van der Waals surface area (Å²) < 4.78 is 0. The third kappa shape index (κ3) is 0.724. The number of carbonyl (C=O) groups is 1. The SMILES string of the molecule is CC(=N)C1(C(=O)O)CC1. The summed E-state index contributed by atoms with van der Waals surface area (Å²) in [5.74, 6) is -0.838. The molecule has 1 aliphatic carbocycles. The van der Waals surface area contributed by atoms with Crippen molar-refractivity contribution in [3.05, 3.63) is 0 Å². The predicted octanol–water partition coefficient (Wildman–Crippen LogP) is 0.891. The highest BCUT2D eigenvalue weighted by Gasteiger charge is 2.52. The zero-order valence-electron chi connectivity index (χ0n) is 5.27. The molecule has 0 aromatic carbocycles. The molecule has 0 spiro atoms. The van der Waals surface area contributed by atoms with Gasteiger partial charge in [0, 0.05) is 5.71 Å². The molecule has 0 aliphatic heterocycles. The number of rotatable bonds is 2. The van der Waals surface area contributed by atoms with Crippen LogP contribution >= 0.6 is 0 Å². The van der Waals surface area contributed by atoms with Crippen molar-refractivity contribution < 1.29 is 9.90 Å². The topological polar surface area (TPSA) is 61.2 Å². The molecular weight excluding hydrogens is 118 g/mol. The lowest BCUT2D eigenvalue weighted by Crippen LogP contribution is -2.22. The molecule has 50 valence electrons. The molecule has 0 saturated heterocycles. The normalized spacial score (nSPS) is 21.0. The van der Waals surface area contributed by atoms with Gasteiger partial charge in [0.2, 0.25) is 0 Å². The van der Waals surface area contributed by atoms with Gasteiger partial charge in [-0.2, -0.15) is 0 Å². The van der Waals surface area contributed by atoms with Gasteiger partial charge < -0.3 is 10.5 Å². The fourth-order valence-corrected chi connectivity index (χ4v) is 0.874. The number of aliphatic carboxylic acids is 1. The van der Waals surface area contributed by atoms with Gasteiger partial charge in [0.05, 0.1) is 0 Å². The quantitative estimate of drug-likeness (QED) is 0.541. The Kier molecular flexibility index (Phi) is 1.08. The fraction of sp³-hybridized carbons (Fsp3) is 0.667. The summed E-state index contributed by atoms with van der Waals surface area (Å²) in [5, 5.41) is 15.6. The van der Waals surface area contributed by atoms with Crippen LogP contribution in [0.5, 0.6) is 0 Å². The number of carboxylic acid groups (broad SMARTS) is 1. The zero-order chi connectivity index (χ0) is 7.07. The minimum atomic E-state index is -0.838. The minimum absolute atomic E-state index is 0.287. The van der Waals surface area contributed by atoms with E-state index in [-0.39, 0.29) is 5.71 Å². The molecule has 1 fully saturated rings. The van der Waals surface area contributed by atoms with E-state index in [1.165, 1.54) is 0 Å². The van der Waals surface area contributed by atoms with Crippen LogP contribution in [0.25, 0.3) is 0 Å². The lowest BCUT2D eigenvalue weighted by molar-refractivity contribution is -0.140. The van der Waals surface area contributed by atoms with Crippen molar-refractivity contribution in [3.63, 3.8) is 0 Å². The summed E-state index contributed by atoms with van der Waals surface area (Å²) in [7, 11) is 0. The molecule has 3 heteroatoms. The van der Waals surface area contributed by atoms with Gasteiger partial charge in [0.1, 0.15) is 5.41 Å². The molecule has 2 N–H and O–H groups in total. The third-order valence-electron chi connectivity index (χ3n) is 1.88. The van der Waals surface area contributed by atoms with Gasteiger partial charge in [-0.15, -0.1) is 0 Å². The molecule has 1 rings (SSSR count). The summed E-state index contributed by atoms with van der Waals surface area (Å²) in [4.78, 5) is 10.4. The molecule has 0 heterocycles. The number of nitrogens with one attached hydrogen (secondary N) is 1. The second-order valence-corrected chi connectivity index (χ2v) is 2.51. The Labute approximate surface area is 53.2 Å². The summed E-state index contributed by atoms with van der Waals surface area (Å²) in [6, 6.07) is 0. The van der Waals surface area contributed by atoms with Crippen molar-refractivity contribution in [2.45, 2.75) is 19.8 Å². The average molecular weight is 127 g/mol. The molecule has 1 aliphatic rings. The van der Waals surface area contributed by atoms with E-state index in [9.17, 15) is 4.79 Å². The Balaban J connectivity index is 2.75. The van der Waals surface area contributed by atoms with Crippen molar-refractivity contribution in [3.8, 4) is 0 Å². The van der Waals surface area contributed by atoms with E-state index < -0.39 is 11.4 Å². The largest absolute Gasteiger partial charge is 0.481 e. The molecule has 1 saturated carbocycles. The summed E-state index contributed by atoms with van der Waals surface area (Å²) in [6.45, 7) is 1.56. The second-order valence-electron chi connectivity index (χ2n) is 2.51. The summed E-state index contributed by atoms with van der Waals surface area (Å²) in [5.41, 5.74) is -0.463. The van der Waals surface area contributed by atoms with E-state index >= 15 is 0 Å². The standard InChI is InChI=1S/C6H9NO2/c1-4(7)6(2-3-6)5(8)9/h7H,2-3H2,1H3,(H,8,9). The second kappa shape index (κ2) is 1.56. The van der Waals surface area contributed by atoms with Crippen LogP contribution in [0.15, 0.2) is 0 Å². The maximum Gasteiger partial charge on any atom is 0.315 e. The highest BCUT2D eigenvalue weighted by atomic mass is 16.4. The highest BCUT2D eigenvalue weighted by molar-refractivity contribution is 6.06. The molecule has 3 nitrogen and oxygen atoms in total. The first-order chi connectivity index (χ1) is 4.09. The van der Waals surface area contributed by atoms with Gasteiger partial charge in [-0.1, -0.05) is 0 Å². The molecule has 0 unspecified atom stereocenters. The minimum Gasteiger partial charge on any atom is -0.481 e. The van der Waals surface area contributed by atoms with Gasteiger partial charge >= 0.3 is 5.97 Å². The molecular formula is C6H9NO2. The molecule has 0 atom stereocenters. The van der Waals surface area contributed by atoms with Crippen LogP contribution in [0.3, 0.4) is 0 Å². The van der Waals surface area contributed by atoms with Crippen LogP contribution in [-0.4, -0.2) is 16.8 Å². The van der Waals surface area contributed by atoms with Gasteiger partial charge in [0.25, 0.3) is 0 Å². The van der Waals surface area contributed by atoms with E-state index in [0.717, 1.165) is 0 Å². The van der Waals surface area contributed by atoms with Gasteiger partial charge in [0.15, 0.2) is 0 Å². The Hall–Kier alpha value is -0.860. The van der Waals surface area contributed by atoms with Crippen molar-refractivity contribution in [1.29, 1.82) is 5.41 Å². The molecule has 0 amide bonds. The first-order valence-corrected chi connectivity index (χ1v) is 2.88. The smallest absolute Gasteiger partial charge is 0.315 e. The van der Waals surface area contributed by atoms with Crippen molar-refractivity contribution in [2.24, 2.45) is 5.41 Å². The van der Waals surface area contributed by atoms with E-state index in [1.54, 1.807) is 6.92 Å². The Bertz CT molecular complexity index is 154. The van der Waals surface area contributed by atoms with Gasteiger partial charge in [-0.25, -0.2) is 0 Å². The van der Waals surface area contributed by atoms with Crippen LogP contribution in [0.2, 0.25) is 0 Å². The first-order valence-electron chi connectivity index (χ1n) is 2.88. The first kappa shape index (κ1) is 6.26. The lowest BCUT2D eigenvalue weighted by Gasteiger charge is -2.04. The molecule has 0 radical (unpaired) electrons. The number of hydrogen-bond acceptors (Lipinski definition) is 2. The van der Waals surface area contributed by atoms with Crippen LogP contribution in [0, 0.1) is 10.8 Å². The fourth-order valence-electron chi connectivity index (χ4n) is 0.874. The predicted molar refractivity (Wildman–Crippen MR) is 32.7 cm³/mol. The van der Waals surface area contributed by atoms with Crippen LogP contribution in [-0.2, 0) is 4.79 Å². The number of hydrogen-bond donors (Lipinski definition) is 2. The van der Waals surface area contributed by atoms with Crippen LogP contribution in [0.1, 0.15) is 19.8 Å². The highest BCUT2D eigenvalue weighted by Crippen LogP contribution is 2.46. The average Bonchev–Trinajstić information content (AvgIpc) is 2.40. The van der Waals surface area contributed by atoms with E-state index in [1.807, 2.05) is 0 Å². The van der Waals surface area contributed by atoms with E-state index in [2.05, 4.69) is 0 Å². The monoisotopic (exact) mass is 127 g/mol. The lowest BCUT2D eigenvalue weighted by atomic mass is 10.0. The maximum atomic E-state index is 10.4. The molecule has 0 bridgehead atoms. The van der Waals surface area contributed by atoms with Gasteiger partial charge in [-0.3, -0.25) is 4.79 Å². The Morgan fingerprint density at radius 1 is 1.67 bits per heavy atom. The van der Waals surface area contributed by atoms with Gasteiger partial charge in [-0.05, 0) is 19.8 Å². The third-order valence-corrected chi connectivity index (χ3v) is 1.88. The Morgan fingerprint density at radius 2 is 2.11 bits per heavy atom.